The highest BCUT2D eigenvalue weighted by Gasteiger charge is 2.31. The van der Waals surface area contributed by atoms with Crippen molar-refractivity contribution in [2.45, 2.75) is 25.7 Å². The van der Waals surface area contributed by atoms with Gasteiger partial charge in [0.2, 0.25) is 0 Å². The first-order chi connectivity index (χ1) is 13.1. The Morgan fingerprint density at radius 3 is 2.67 bits per heavy atom. The van der Waals surface area contributed by atoms with Gasteiger partial charge in [0.25, 0.3) is 5.91 Å². The van der Waals surface area contributed by atoms with Gasteiger partial charge in [-0.15, -0.1) is 0 Å². The Morgan fingerprint density at radius 2 is 1.89 bits per heavy atom. The fourth-order valence-corrected chi connectivity index (χ4v) is 4.02. The fourth-order valence-electron chi connectivity index (χ4n) is 4.02. The van der Waals surface area contributed by atoms with Crippen LogP contribution in [0.4, 0.5) is 5.82 Å². The SMILES string of the molecule is CN(C)C(=O)/C(=C\c1ccccc1)C1=C(N2CCc3cccnc32)CCC1. The average Bonchev–Trinajstić information content (AvgIpc) is 3.33. The zero-order chi connectivity index (χ0) is 18.8. The van der Waals surface area contributed by atoms with Gasteiger partial charge in [-0.2, -0.15) is 0 Å². The van der Waals surface area contributed by atoms with E-state index in [1.54, 1.807) is 4.90 Å². The van der Waals surface area contributed by atoms with Crippen molar-refractivity contribution in [3.8, 4) is 0 Å². The third kappa shape index (κ3) is 3.39. The number of nitrogens with zero attached hydrogens (tertiary/aromatic N) is 3. The van der Waals surface area contributed by atoms with Crippen molar-refractivity contribution in [3.63, 3.8) is 0 Å². The topological polar surface area (TPSA) is 36.4 Å². The summed E-state index contributed by atoms with van der Waals surface area (Å²) in [4.78, 5) is 21.7. The second kappa shape index (κ2) is 7.39. The molecular formula is C23H25N3O. The lowest BCUT2D eigenvalue weighted by Crippen LogP contribution is -2.26. The van der Waals surface area contributed by atoms with E-state index in [1.807, 2.05) is 62.8 Å². The van der Waals surface area contributed by atoms with Gasteiger partial charge in [0.1, 0.15) is 5.82 Å². The van der Waals surface area contributed by atoms with Gasteiger partial charge in [0, 0.05) is 38.1 Å². The maximum atomic E-state index is 13.0. The second-order valence-corrected chi connectivity index (χ2v) is 7.33. The molecule has 0 saturated heterocycles. The van der Waals surface area contributed by atoms with E-state index in [-0.39, 0.29) is 5.91 Å². The van der Waals surface area contributed by atoms with Crippen LogP contribution in [0.3, 0.4) is 0 Å². The molecule has 4 nitrogen and oxygen atoms in total. The van der Waals surface area contributed by atoms with Crippen LogP contribution in [0, 0.1) is 0 Å². The number of likely N-dealkylation sites (N-methyl/N-ethyl adjacent to an activating group) is 1. The van der Waals surface area contributed by atoms with Gasteiger partial charge in [-0.05, 0) is 54.5 Å². The van der Waals surface area contributed by atoms with Crippen LogP contribution in [0.1, 0.15) is 30.4 Å². The van der Waals surface area contributed by atoms with Crippen LogP contribution in [0.2, 0.25) is 0 Å². The first kappa shape index (κ1) is 17.5. The largest absolute Gasteiger partial charge is 0.345 e. The molecular weight excluding hydrogens is 334 g/mol. The summed E-state index contributed by atoms with van der Waals surface area (Å²) in [6.45, 7) is 0.944. The lowest BCUT2D eigenvalue weighted by molar-refractivity contribution is -0.124. The number of carbonyl (C=O) groups excluding carboxylic acids is 1. The van der Waals surface area contributed by atoms with Gasteiger partial charge < -0.3 is 9.80 Å². The minimum Gasteiger partial charge on any atom is -0.345 e. The number of allylic oxidation sites excluding steroid dienone is 1. The van der Waals surface area contributed by atoms with Crippen molar-refractivity contribution in [3.05, 3.63) is 76.6 Å². The van der Waals surface area contributed by atoms with Crippen LogP contribution in [-0.4, -0.2) is 36.4 Å². The molecule has 1 aromatic heterocycles. The molecule has 2 heterocycles. The quantitative estimate of drug-likeness (QED) is 0.773. The van der Waals surface area contributed by atoms with Crippen molar-refractivity contribution < 1.29 is 4.79 Å². The molecule has 1 amide bonds. The summed E-state index contributed by atoms with van der Waals surface area (Å²) < 4.78 is 0. The number of hydrogen-bond donors (Lipinski definition) is 0. The lowest BCUT2D eigenvalue weighted by atomic mass is 9.99. The number of carbonyl (C=O) groups is 1. The number of aromatic nitrogens is 1. The third-order valence-corrected chi connectivity index (χ3v) is 5.31. The molecule has 0 radical (unpaired) electrons. The van der Waals surface area contributed by atoms with Crippen molar-refractivity contribution in [1.82, 2.24) is 9.88 Å². The highest BCUT2D eigenvalue weighted by Crippen LogP contribution is 2.39. The molecule has 0 spiro atoms. The summed E-state index contributed by atoms with van der Waals surface area (Å²) in [7, 11) is 3.64. The molecule has 0 saturated carbocycles. The average molecular weight is 359 g/mol. The Bertz CT molecular complexity index is 912. The highest BCUT2D eigenvalue weighted by molar-refractivity contribution is 6.02. The highest BCUT2D eigenvalue weighted by atomic mass is 16.2. The molecule has 0 N–H and O–H groups in total. The molecule has 0 atom stereocenters. The summed E-state index contributed by atoms with van der Waals surface area (Å²) in [5.74, 6) is 1.12. The number of rotatable bonds is 4. The van der Waals surface area contributed by atoms with Crippen LogP contribution >= 0.6 is 0 Å². The van der Waals surface area contributed by atoms with Crippen molar-refractivity contribution in [2.24, 2.45) is 0 Å². The van der Waals surface area contributed by atoms with E-state index in [2.05, 4.69) is 16.0 Å². The molecule has 1 aromatic carbocycles. The summed E-state index contributed by atoms with van der Waals surface area (Å²) in [6, 6.07) is 14.3. The normalized spacial score (nSPS) is 16.7. The van der Waals surface area contributed by atoms with Crippen LogP contribution < -0.4 is 4.90 Å². The molecule has 4 rings (SSSR count). The minimum absolute atomic E-state index is 0.0636. The number of fused-ring (bicyclic) bond motifs is 1. The monoisotopic (exact) mass is 359 g/mol. The van der Waals surface area contributed by atoms with Crippen LogP contribution in [0.25, 0.3) is 6.08 Å². The molecule has 1 aliphatic carbocycles. The zero-order valence-electron chi connectivity index (χ0n) is 16.0. The molecule has 4 heteroatoms. The standard InChI is InChI=1S/C23H25N3O/c1-25(2)23(27)20(16-17-8-4-3-5-9-17)19-11-6-12-21(19)26-15-13-18-10-7-14-24-22(18)26/h3-5,7-10,14,16H,6,11-13,15H2,1-2H3/b20-16-. The predicted octanol–water partition coefficient (Wildman–Crippen LogP) is 4.05. The number of benzene rings is 1. The fraction of sp³-hybridized carbons (Fsp3) is 0.304. The molecule has 2 aromatic rings. The van der Waals surface area contributed by atoms with E-state index in [4.69, 9.17) is 0 Å². The summed E-state index contributed by atoms with van der Waals surface area (Å²) in [5, 5.41) is 0. The van der Waals surface area contributed by atoms with Crippen molar-refractivity contribution in [2.75, 3.05) is 25.5 Å². The van der Waals surface area contributed by atoms with Crippen molar-refractivity contribution in [1.29, 1.82) is 0 Å². The zero-order valence-corrected chi connectivity index (χ0v) is 16.0. The van der Waals surface area contributed by atoms with E-state index in [9.17, 15) is 4.79 Å². The van der Waals surface area contributed by atoms with E-state index in [1.165, 1.54) is 16.8 Å². The van der Waals surface area contributed by atoms with Gasteiger partial charge in [-0.1, -0.05) is 36.4 Å². The maximum absolute atomic E-state index is 13.0. The summed E-state index contributed by atoms with van der Waals surface area (Å²) >= 11 is 0. The number of pyridine rings is 1. The van der Waals surface area contributed by atoms with E-state index in [0.29, 0.717) is 0 Å². The lowest BCUT2D eigenvalue weighted by Gasteiger charge is -2.23. The first-order valence-electron chi connectivity index (χ1n) is 9.57. The molecule has 1 aliphatic heterocycles. The Hall–Kier alpha value is -2.88. The first-order valence-corrected chi connectivity index (χ1v) is 9.57. The summed E-state index contributed by atoms with van der Waals surface area (Å²) in [5.41, 5.74) is 5.61. The molecule has 0 fully saturated rings. The van der Waals surface area contributed by atoms with Gasteiger partial charge in [-0.3, -0.25) is 4.79 Å². The van der Waals surface area contributed by atoms with Crippen LogP contribution in [0.15, 0.2) is 65.5 Å². The minimum atomic E-state index is 0.0636. The Labute approximate surface area is 160 Å². The Kier molecular flexibility index (Phi) is 4.80. The Morgan fingerprint density at radius 1 is 1.07 bits per heavy atom. The van der Waals surface area contributed by atoms with Gasteiger partial charge in [0.05, 0.1) is 0 Å². The number of hydrogen-bond acceptors (Lipinski definition) is 3. The molecule has 0 unspecified atom stereocenters. The van der Waals surface area contributed by atoms with E-state index < -0.39 is 0 Å². The molecule has 2 aliphatic rings. The van der Waals surface area contributed by atoms with E-state index >= 15 is 0 Å². The Balaban J connectivity index is 1.80. The molecule has 0 bridgehead atoms. The van der Waals surface area contributed by atoms with Gasteiger partial charge >= 0.3 is 0 Å². The number of amides is 1. The third-order valence-electron chi connectivity index (χ3n) is 5.31. The number of anilines is 1. The van der Waals surface area contributed by atoms with Crippen LogP contribution in [0.5, 0.6) is 0 Å². The van der Waals surface area contributed by atoms with Crippen molar-refractivity contribution >= 4 is 17.8 Å². The van der Waals surface area contributed by atoms with Crippen LogP contribution in [-0.2, 0) is 11.2 Å². The van der Waals surface area contributed by atoms with Gasteiger partial charge in [-0.25, -0.2) is 4.98 Å². The predicted molar refractivity (Wildman–Crippen MR) is 109 cm³/mol. The molecule has 138 valence electrons. The maximum Gasteiger partial charge on any atom is 0.253 e. The summed E-state index contributed by atoms with van der Waals surface area (Å²) in [6.07, 6.45) is 7.93. The van der Waals surface area contributed by atoms with E-state index in [0.717, 1.165) is 49.2 Å². The van der Waals surface area contributed by atoms with Gasteiger partial charge in [0.15, 0.2) is 0 Å². The smallest absolute Gasteiger partial charge is 0.253 e. The molecule has 27 heavy (non-hydrogen) atoms. The second-order valence-electron chi connectivity index (χ2n) is 7.33.